The Morgan fingerprint density at radius 3 is 2.83 bits per heavy atom. The molecular formula is C26H24BrFN6O2. The Bertz CT molecular complexity index is 1400. The molecule has 1 saturated heterocycles. The van der Waals surface area contributed by atoms with E-state index >= 15 is 4.39 Å². The SMILES string of the molecule is C=CC(=O)N1CCC(c2c[nH]c3ncnc(Nc4ccc(OCc5ccccn5)c(Br)c4F)c23)CC1. The molecule has 1 amide bonds. The lowest BCUT2D eigenvalue weighted by Gasteiger charge is -2.31. The lowest BCUT2D eigenvalue weighted by molar-refractivity contribution is -0.127. The van der Waals surface area contributed by atoms with Gasteiger partial charge in [-0.3, -0.25) is 9.78 Å². The molecule has 0 bridgehead atoms. The number of hydrogen-bond donors (Lipinski definition) is 2. The predicted molar refractivity (Wildman–Crippen MR) is 139 cm³/mol. The summed E-state index contributed by atoms with van der Waals surface area (Å²) in [6.07, 6.45) is 8.02. The molecule has 1 fully saturated rings. The summed E-state index contributed by atoms with van der Waals surface area (Å²) in [5.74, 6) is 0.562. The van der Waals surface area contributed by atoms with Gasteiger partial charge in [-0.1, -0.05) is 12.6 Å². The summed E-state index contributed by atoms with van der Waals surface area (Å²) >= 11 is 3.32. The number of likely N-dealkylation sites (tertiary alicyclic amines) is 1. The maximum atomic E-state index is 15.3. The third kappa shape index (κ3) is 4.81. The number of ether oxygens (including phenoxy) is 1. The molecule has 3 aromatic heterocycles. The third-order valence-electron chi connectivity index (χ3n) is 6.32. The summed E-state index contributed by atoms with van der Waals surface area (Å²) in [6.45, 7) is 5.10. The average Bonchev–Trinajstić information content (AvgIpc) is 3.36. The van der Waals surface area contributed by atoms with Crippen LogP contribution in [0.25, 0.3) is 11.0 Å². The van der Waals surface area contributed by atoms with Crippen molar-refractivity contribution in [1.29, 1.82) is 0 Å². The molecule has 4 heterocycles. The summed E-state index contributed by atoms with van der Waals surface area (Å²) in [7, 11) is 0. The number of nitrogens with zero attached hydrogens (tertiary/aromatic N) is 4. The van der Waals surface area contributed by atoms with Crippen LogP contribution < -0.4 is 10.1 Å². The minimum absolute atomic E-state index is 0.0495. The van der Waals surface area contributed by atoms with Crippen molar-refractivity contribution in [2.75, 3.05) is 18.4 Å². The summed E-state index contributed by atoms with van der Waals surface area (Å²) in [4.78, 5) is 29.9. The molecule has 184 valence electrons. The molecule has 0 aliphatic carbocycles. The van der Waals surface area contributed by atoms with Crippen molar-refractivity contribution < 1.29 is 13.9 Å². The number of pyridine rings is 1. The zero-order valence-electron chi connectivity index (χ0n) is 19.4. The topological polar surface area (TPSA) is 96.0 Å². The van der Waals surface area contributed by atoms with Crippen molar-refractivity contribution >= 4 is 44.4 Å². The molecule has 4 aromatic rings. The van der Waals surface area contributed by atoms with E-state index in [4.69, 9.17) is 4.74 Å². The lowest BCUT2D eigenvalue weighted by atomic mass is 9.89. The summed E-state index contributed by atoms with van der Waals surface area (Å²) in [5, 5.41) is 3.95. The number of hydrogen-bond acceptors (Lipinski definition) is 6. The van der Waals surface area contributed by atoms with Crippen LogP contribution in [0.1, 0.15) is 30.0 Å². The Labute approximate surface area is 215 Å². The van der Waals surface area contributed by atoms with Gasteiger partial charge in [0.2, 0.25) is 5.91 Å². The fourth-order valence-electron chi connectivity index (χ4n) is 4.45. The lowest BCUT2D eigenvalue weighted by Crippen LogP contribution is -2.36. The van der Waals surface area contributed by atoms with E-state index in [-0.39, 0.29) is 28.6 Å². The van der Waals surface area contributed by atoms with Crippen molar-refractivity contribution in [1.82, 2.24) is 24.8 Å². The number of fused-ring (bicyclic) bond motifs is 1. The number of anilines is 2. The zero-order chi connectivity index (χ0) is 25.1. The Kier molecular flexibility index (Phi) is 6.95. The molecule has 0 radical (unpaired) electrons. The van der Waals surface area contributed by atoms with Gasteiger partial charge in [0.05, 0.1) is 21.2 Å². The minimum Gasteiger partial charge on any atom is -0.486 e. The normalized spacial score (nSPS) is 14.1. The number of H-pyrrole nitrogens is 1. The first kappa shape index (κ1) is 23.9. The van der Waals surface area contributed by atoms with Crippen LogP contribution in [0.4, 0.5) is 15.9 Å². The summed E-state index contributed by atoms with van der Waals surface area (Å²) in [5.41, 5.74) is 2.72. The fraction of sp³-hybridized carbons (Fsp3) is 0.231. The number of nitrogens with one attached hydrogen (secondary N) is 2. The molecule has 0 atom stereocenters. The van der Waals surface area contributed by atoms with Gasteiger partial charge in [0.15, 0.2) is 5.82 Å². The largest absolute Gasteiger partial charge is 0.486 e. The number of halogens is 2. The van der Waals surface area contributed by atoms with Crippen molar-refractivity contribution in [3.63, 3.8) is 0 Å². The molecule has 5 rings (SSSR count). The van der Waals surface area contributed by atoms with Crippen LogP contribution in [0.15, 0.2) is 66.2 Å². The molecule has 8 nitrogen and oxygen atoms in total. The first-order valence-corrected chi connectivity index (χ1v) is 12.4. The maximum Gasteiger partial charge on any atom is 0.245 e. The predicted octanol–water partition coefficient (Wildman–Crippen LogP) is 5.47. The Morgan fingerprint density at radius 2 is 2.08 bits per heavy atom. The molecule has 2 N–H and O–H groups in total. The number of benzene rings is 1. The van der Waals surface area contributed by atoms with Gasteiger partial charge in [0.25, 0.3) is 0 Å². The van der Waals surface area contributed by atoms with Crippen LogP contribution in [-0.2, 0) is 11.4 Å². The van der Waals surface area contributed by atoms with E-state index in [9.17, 15) is 4.79 Å². The van der Waals surface area contributed by atoms with Gasteiger partial charge in [0, 0.05) is 25.5 Å². The van der Waals surface area contributed by atoms with E-state index < -0.39 is 5.82 Å². The molecule has 36 heavy (non-hydrogen) atoms. The second-order valence-electron chi connectivity index (χ2n) is 8.47. The first-order chi connectivity index (χ1) is 17.5. The third-order valence-corrected chi connectivity index (χ3v) is 7.06. The van der Waals surface area contributed by atoms with Gasteiger partial charge >= 0.3 is 0 Å². The van der Waals surface area contributed by atoms with Crippen LogP contribution in [0.3, 0.4) is 0 Å². The number of aromatic amines is 1. The number of amides is 1. The van der Waals surface area contributed by atoms with E-state index in [2.05, 4.69) is 47.8 Å². The molecule has 0 unspecified atom stereocenters. The van der Waals surface area contributed by atoms with Crippen molar-refractivity contribution in [3.05, 3.63) is 83.3 Å². The molecule has 1 aliphatic rings. The van der Waals surface area contributed by atoms with Gasteiger partial charge in [-0.2, -0.15) is 0 Å². The van der Waals surface area contributed by atoms with Crippen LogP contribution in [0.2, 0.25) is 0 Å². The number of carbonyl (C=O) groups is 1. The molecule has 0 saturated carbocycles. The highest BCUT2D eigenvalue weighted by Gasteiger charge is 2.26. The van der Waals surface area contributed by atoms with Gasteiger partial charge in [-0.05, 0) is 70.6 Å². The van der Waals surface area contributed by atoms with E-state index in [0.717, 1.165) is 29.5 Å². The van der Waals surface area contributed by atoms with Crippen molar-refractivity contribution in [3.8, 4) is 5.75 Å². The van der Waals surface area contributed by atoms with Crippen molar-refractivity contribution in [2.24, 2.45) is 0 Å². The molecule has 10 heteroatoms. The van der Waals surface area contributed by atoms with Crippen LogP contribution in [-0.4, -0.2) is 43.8 Å². The Hall–Kier alpha value is -3.79. The average molecular weight is 551 g/mol. The van der Waals surface area contributed by atoms with Gasteiger partial charge in [-0.15, -0.1) is 0 Å². The van der Waals surface area contributed by atoms with Gasteiger partial charge in [-0.25, -0.2) is 14.4 Å². The fourth-order valence-corrected chi connectivity index (χ4v) is 4.91. The number of piperidine rings is 1. The number of aromatic nitrogens is 4. The van der Waals surface area contributed by atoms with E-state index in [1.807, 2.05) is 24.4 Å². The maximum absolute atomic E-state index is 15.3. The molecule has 1 aromatic carbocycles. The number of carbonyl (C=O) groups excluding carboxylic acids is 1. The summed E-state index contributed by atoms with van der Waals surface area (Å²) < 4.78 is 21.3. The quantitative estimate of drug-likeness (QED) is 0.296. The second-order valence-corrected chi connectivity index (χ2v) is 9.26. The monoisotopic (exact) mass is 550 g/mol. The highest BCUT2D eigenvalue weighted by atomic mass is 79.9. The smallest absolute Gasteiger partial charge is 0.245 e. The molecular weight excluding hydrogens is 527 g/mol. The summed E-state index contributed by atoms with van der Waals surface area (Å²) in [6, 6.07) is 8.85. The van der Waals surface area contributed by atoms with Crippen molar-refractivity contribution in [2.45, 2.75) is 25.4 Å². The van der Waals surface area contributed by atoms with Gasteiger partial charge < -0.3 is 19.9 Å². The molecule has 0 spiro atoms. The second kappa shape index (κ2) is 10.4. The van der Waals surface area contributed by atoms with Gasteiger partial charge in [0.1, 0.15) is 30.1 Å². The van der Waals surface area contributed by atoms with Crippen LogP contribution in [0.5, 0.6) is 5.75 Å². The Balaban J connectivity index is 1.37. The minimum atomic E-state index is -0.492. The number of rotatable bonds is 7. The van der Waals surface area contributed by atoms with E-state index in [1.165, 1.54) is 12.4 Å². The first-order valence-electron chi connectivity index (χ1n) is 11.6. The van der Waals surface area contributed by atoms with E-state index in [0.29, 0.717) is 30.3 Å². The Morgan fingerprint density at radius 1 is 1.25 bits per heavy atom. The van der Waals surface area contributed by atoms with Crippen LogP contribution >= 0.6 is 15.9 Å². The highest BCUT2D eigenvalue weighted by Crippen LogP contribution is 2.38. The van der Waals surface area contributed by atoms with E-state index in [1.54, 1.807) is 23.2 Å². The highest BCUT2D eigenvalue weighted by molar-refractivity contribution is 9.10. The molecule has 1 aliphatic heterocycles. The van der Waals surface area contributed by atoms with Crippen LogP contribution in [0, 0.1) is 5.82 Å². The standard InChI is InChI=1S/C26H24BrFN6O2/c1-2-21(35)34-11-8-16(9-12-34)18-13-30-25-22(18)26(32-15-31-25)33-19-6-7-20(23(27)24(19)28)36-14-17-5-3-4-10-29-17/h2-7,10,13,15-16H,1,8-9,11-12,14H2,(H2,30,31,32,33). The zero-order valence-corrected chi connectivity index (χ0v) is 21.0.